The van der Waals surface area contributed by atoms with Gasteiger partial charge in [0.25, 0.3) is 0 Å². The van der Waals surface area contributed by atoms with Crippen LogP contribution in [0.3, 0.4) is 0 Å². The van der Waals surface area contributed by atoms with E-state index in [9.17, 15) is 4.79 Å². The van der Waals surface area contributed by atoms with Crippen molar-refractivity contribution in [3.05, 3.63) is 36.5 Å². The second kappa shape index (κ2) is 7.08. The van der Waals surface area contributed by atoms with E-state index in [2.05, 4.69) is 11.9 Å². The van der Waals surface area contributed by atoms with Gasteiger partial charge in [-0.25, -0.2) is 9.66 Å². The standard InChI is InChI=1S/C17H22N4OS/c1-13-6-5-9-20(10-13)16(22)12-23-17-19-15(11-21(17)18)14-7-3-2-4-8-14/h2-4,7-8,11,13H,5-6,9-10,12,18H2,1H3/t13-/m1/s1. The van der Waals surface area contributed by atoms with Crippen LogP contribution in [0, 0.1) is 5.92 Å². The third-order valence-corrected chi connectivity index (χ3v) is 5.05. The molecule has 1 fully saturated rings. The summed E-state index contributed by atoms with van der Waals surface area (Å²) in [6.45, 7) is 3.94. The Morgan fingerprint density at radius 1 is 1.39 bits per heavy atom. The number of hydrogen-bond donors (Lipinski definition) is 1. The largest absolute Gasteiger partial charge is 0.342 e. The number of amides is 1. The molecule has 6 heteroatoms. The highest BCUT2D eigenvalue weighted by Crippen LogP contribution is 2.23. The summed E-state index contributed by atoms with van der Waals surface area (Å²) < 4.78 is 1.50. The topological polar surface area (TPSA) is 64.2 Å². The molecule has 1 aromatic heterocycles. The molecule has 0 aliphatic carbocycles. The van der Waals surface area contributed by atoms with E-state index in [4.69, 9.17) is 5.84 Å². The maximum atomic E-state index is 12.3. The van der Waals surface area contributed by atoms with Crippen molar-refractivity contribution in [2.75, 3.05) is 24.7 Å². The van der Waals surface area contributed by atoms with Crippen LogP contribution in [0.5, 0.6) is 0 Å². The minimum atomic E-state index is 0.172. The lowest BCUT2D eigenvalue weighted by atomic mass is 10.0. The molecule has 1 aliphatic rings. The number of thioether (sulfide) groups is 1. The highest BCUT2D eigenvalue weighted by atomic mass is 32.2. The highest BCUT2D eigenvalue weighted by Gasteiger charge is 2.21. The first kappa shape index (κ1) is 15.9. The fraction of sp³-hybridized carbons (Fsp3) is 0.412. The van der Waals surface area contributed by atoms with Crippen LogP contribution in [-0.4, -0.2) is 39.3 Å². The molecule has 5 nitrogen and oxygen atoms in total. The zero-order valence-corrected chi connectivity index (χ0v) is 14.1. The zero-order chi connectivity index (χ0) is 16.2. The minimum absolute atomic E-state index is 0.172. The lowest BCUT2D eigenvalue weighted by Gasteiger charge is -2.30. The van der Waals surface area contributed by atoms with Crippen LogP contribution in [0.4, 0.5) is 0 Å². The van der Waals surface area contributed by atoms with Gasteiger partial charge < -0.3 is 10.7 Å². The lowest BCUT2D eigenvalue weighted by molar-refractivity contribution is -0.130. The maximum absolute atomic E-state index is 12.3. The van der Waals surface area contributed by atoms with Crippen molar-refractivity contribution in [1.29, 1.82) is 0 Å². The van der Waals surface area contributed by atoms with Gasteiger partial charge in [0.05, 0.1) is 17.6 Å². The molecule has 0 bridgehead atoms. The molecule has 2 heterocycles. The number of carbonyl (C=O) groups excluding carboxylic acids is 1. The number of aromatic nitrogens is 2. The normalized spacial score (nSPS) is 18.1. The minimum Gasteiger partial charge on any atom is -0.342 e. The summed E-state index contributed by atoms with van der Waals surface area (Å²) in [4.78, 5) is 18.8. The SMILES string of the molecule is C[C@@H]1CCCN(C(=O)CSc2nc(-c3ccccc3)cn2N)C1. The number of nitrogens with two attached hydrogens (primary N) is 1. The number of hydrogen-bond acceptors (Lipinski definition) is 4. The summed E-state index contributed by atoms with van der Waals surface area (Å²) in [5, 5.41) is 0.669. The van der Waals surface area contributed by atoms with E-state index < -0.39 is 0 Å². The molecule has 3 rings (SSSR count). The first-order valence-electron chi connectivity index (χ1n) is 7.94. The number of imidazole rings is 1. The highest BCUT2D eigenvalue weighted by molar-refractivity contribution is 7.99. The second-order valence-corrected chi connectivity index (χ2v) is 7.00. The quantitative estimate of drug-likeness (QED) is 0.691. The number of nitrogens with zero attached hydrogens (tertiary/aromatic N) is 3. The number of likely N-dealkylation sites (tertiary alicyclic amines) is 1. The first-order chi connectivity index (χ1) is 11.1. The Kier molecular flexibility index (Phi) is 4.91. The Morgan fingerprint density at radius 2 is 2.17 bits per heavy atom. The average molecular weight is 330 g/mol. The summed E-state index contributed by atoms with van der Waals surface area (Å²) in [6.07, 6.45) is 4.11. The van der Waals surface area contributed by atoms with Crippen LogP contribution >= 0.6 is 11.8 Å². The fourth-order valence-corrected chi connectivity index (χ4v) is 3.66. The van der Waals surface area contributed by atoms with Gasteiger partial charge in [-0.2, -0.15) is 0 Å². The van der Waals surface area contributed by atoms with E-state index in [0.717, 1.165) is 30.8 Å². The summed E-state index contributed by atoms with van der Waals surface area (Å²) in [7, 11) is 0. The summed E-state index contributed by atoms with van der Waals surface area (Å²) in [6, 6.07) is 9.91. The lowest BCUT2D eigenvalue weighted by Crippen LogP contribution is -2.40. The Balaban J connectivity index is 1.62. The first-order valence-corrected chi connectivity index (χ1v) is 8.92. The van der Waals surface area contributed by atoms with Crippen molar-refractivity contribution < 1.29 is 4.79 Å². The zero-order valence-electron chi connectivity index (χ0n) is 13.3. The number of rotatable bonds is 4. The van der Waals surface area contributed by atoms with Crippen molar-refractivity contribution in [2.24, 2.45) is 5.92 Å². The number of carbonyl (C=O) groups is 1. The van der Waals surface area contributed by atoms with Gasteiger partial charge in [0.2, 0.25) is 5.91 Å². The van der Waals surface area contributed by atoms with E-state index in [0.29, 0.717) is 16.8 Å². The fourth-order valence-electron chi connectivity index (χ4n) is 2.86. The average Bonchev–Trinajstić information content (AvgIpc) is 2.94. The Labute approximate surface area is 140 Å². The van der Waals surface area contributed by atoms with Gasteiger partial charge in [0.15, 0.2) is 5.16 Å². The second-order valence-electron chi connectivity index (χ2n) is 6.06. The molecule has 1 aromatic carbocycles. The van der Waals surface area contributed by atoms with Crippen molar-refractivity contribution in [3.63, 3.8) is 0 Å². The van der Waals surface area contributed by atoms with Gasteiger partial charge in [-0.1, -0.05) is 49.0 Å². The molecule has 122 valence electrons. The summed E-state index contributed by atoms with van der Waals surface area (Å²) in [5.74, 6) is 7.13. The van der Waals surface area contributed by atoms with E-state index in [-0.39, 0.29) is 5.91 Å². The molecule has 1 amide bonds. The van der Waals surface area contributed by atoms with Crippen molar-refractivity contribution in [3.8, 4) is 11.3 Å². The monoisotopic (exact) mass is 330 g/mol. The van der Waals surface area contributed by atoms with E-state index in [1.165, 1.54) is 22.9 Å². The van der Waals surface area contributed by atoms with Gasteiger partial charge in [-0.15, -0.1) is 0 Å². The molecule has 1 atom stereocenters. The van der Waals surface area contributed by atoms with Crippen molar-refractivity contribution >= 4 is 17.7 Å². The molecule has 1 aliphatic heterocycles. The Bertz CT molecular complexity index is 670. The predicted molar refractivity (Wildman–Crippen MR) is 93.5 cm³/mol. The van der Waals surface area contributed by atoms with Crippen LogP contribution in [-0.2, 0) is 4.79 Å². The van der Waals surface area contributed by atoms with E-state index >= 15 is 0 Å². The van der Waals surface area contributed by atoms with Crippen molar-refractivity contribution in [2.45, 2.75) is 24.9 Å². The number of nitrogen functional groups attached to an aromatic ring is 1. The van der Waals surface area contributed by atoms with Gasteiger partial charge in [0, 0.05) is 18.7 Å². The molecule has 23 heavy (non-hydrogen) atoms. The molecule has 2 aromatic rings. The molecule has 0 radical (unpaired) electrons. The maximum Gasteiger partial charge on any atom is 0.233 e. The Morgan fingerprint density at radius 3 is 2.91 bits per heavy atom. The predicted octanol–water partition coefficient (Wildman–Crippen LogP) is 2.61. The molecular formula is C17H22N4OS. The van der Waals surface area contributed by atoms with Crippen LogP contribution in [0.15, 0.2) is 41.7 Å². The van der Waals surface area contributed by atoms with Crippen LogP contribution < -0.4 is 5.84 Å². The molecule has 1 saturated heterocycles. The summed E-state index contributed by atoms with van der Waals surface area (Å²) >= 11 is 1.40. The molecule has 0 spiro atoms. The molecular weight excluding hydrogens is 308 g/mol. The Hall–Kier alpha value is -1.95. The van der Waals surface area contributed by atoms with Gasteiger partial charge in [0.1, 0.15) is 0 Å². The van der Waals surface area contributed by atoms with Crippen LogP contribution in [0.25, 0.3) is 11.3 Å². The van der Waals surface area contributed by atoms with Gasteiger partial charge in [-0.05, 0) is 18.8 Å². The van der Waals surface area contributed by atoms with Crippen molar-refractivity contribution in [1.82, 2.24) is 14.6 Å². The van der Waals surface area contributed by atoms with Gasteiger partial charge >= 0.3 is 0 Å². The van der Waals surface area contributed by atoms with Crippen LogP contribution in [0.1, 0.15) is 19.8 Å². The number of piperidine rings is 1. The molecule has 0 unspecified atom stereocenters. The number of benzene rings is 1. The third kappa shape index (κ3) is 3.88. The van der Waals surface area contributed by atoms with Gasteiger partial charge in [-0.3, -0.25) is 4.79 Å². The third-order valence-electron chi connectivity index (χ3n) is 4.10. The van der Waals surface area contributed by atoms with Crippen LogP contribution in [0.2, 0.25) is 0 Å². The smallest absolute Gasteiger partial charge is 0.233 e. The van der Waals surface area contributed by atoms with E-state index in [1.54, 1.807) is 6.20 Å². The summed E-state index contributed by atoms with van der Waals surface area (Å²) in [5.41, 5.74) is 1.85. The molecule has 2 N–H and O–H groups in total. The molecule has 0 saturated carbocycles. The van der Waals surface area contributed by atoms with E-state index in [1.807, 2.05) is 35.2 Å².